The van der Waals surface area contributed by atoms with Gasteiger partial charge >= 0.3 is 0 Å². The van der Waals surface area contributed by atoms with Gasteiger partial charge in [0.25, 0.3) is 0 Å². The Hall–Kier alpha value is -1.92. The summed E-state index contributed by atoms with van der Waals surface area (Å²) in [5, 5.41) is 19.9. The monoisotopic (exact) mass is 322 g/mol. The van der Waals surface area contributed by atoms with Crippen molar-refractivity contribution in [1.29, 1.82) is 0 Å². The van der Waals surface area contributed by atoms with Crippen LogP contribution in [0.5, 0.6) is 0 Å². The lowest BCUT2D eigenvalue weighted by atomic mass is 9.71. The van der Waals surface area contributed by atoms with Gasteiger partial charge in [0.1, 0.15) is 25.4 Å². The van der Waals surface area contributed by atoms with Crippen molar-refractivity contribution in [2.24, 2.45) is 10.6 Å². The molecule has 0 saturated heterocycles. The summed E-state index contributed by atoms with van der Waals surface area (Å²) in [6.07, 6.45) is 4.57. The molecule has 1 aromatic heterocycles. The van der Waals surface area contributed by atoms with Gasteiger partial charge in [-0.1, -0.05) is 42.7 Å². The maximum atomic E-state index is 11.4. The molecule has 0 radical (unpaired) electrons. The minimum atomic E-state index is -1.27. The lowest BCUT2D eigenvalue weighted by Gasteiger charge is -2.40. The van der Waals surface area contributed by atoms with E-state index in [9.17, 15) is 5.11 Å². The van der Waals surface area contributed by atoms with Crippen LogP contribution in [0.4, 0.5) is 0 Å². The Kier molecular flexibility index (Phi) is 4.83. The van der Waals surface area contributed by atoms with E-state index in [-0.39, 0.29) is 6.54 Å². The predicted molar refractivity (Wildman–Crippen MR) is 84.7 cm³/mol. The molecule has 1 atom stereocenters. The van der Waals surface area contributed by atoms with Gasteiger partial charge in [0.2, 0.25) is 0 Å². The second kappa shape index (κ2) is 6.46. The summed E-state index contributed by atoms with van der Waals surface area (Å²) in [4.78, 5) is 8.69. The quantitative estimate of drug-likeness (QED) is 0.655. The molecule has 0 fully saturated rings. The molecule has 1 N–H and O–H groups in total. The molecule has 118 valence electrons. The molecule has 1 heterocycles. The zero-order valence-corrected chi connectivity index (χ0v) is 13.5. The van der Waals surface area contributed by atoms with Crippen LogP contribution in [0.25, 0.3) is 0 Å². The van der Waals surface area contributed by atoms with Crippen LogP contribution in [-0.4, -0.2) is 33.2 Å². The molecule has 0 amide bonds. The molecular weight excluding hydrogens is 304 g/mol. The molecule has 0 aliphatic carbocycles. The number of nitrogens with zero attached hydrogens (tertiary/aromatic N) is 4. The second-order valence-corrected chi connectivity index (χ2v) is 6.04. The molecule has 0 spiro atoms. The minimum Gasteiger partial charge on any atom is -0.399 e. The van der Waals surface area contributed by atoms with E-state index in [1.807, 2.05) is 13.8 Å². The van der Waals surface area contributed by atoms with E-state index in [2.05, 4.69) is 15.2 Å². The maximum absolute atomic E-state index is 11.4. The highest BCUT2D eigenvalue weighted by Gasteiger charge is 2.45. The average Bonchev–Trinajstić information content (AvgIpc) is 2.98. The van der Waals surface area contributed by atoms with Gasteiger partial charge in [0.05, 0.1) is 12.8 Å². The van der Waals surface area contributed by atoms with Crippen LogP contribution >= 0.6 is 11.6 Å². The molecule has 1 aromatic carbocycles. The Balaban J connectivity index is 2.47. The SMILES string of the molecule is CO/N=C/C(C)(C)C(O)(Cn1cncn1)c1ccc(Cl)cc1. The van der Waals surface area contributed by atoms with Crippen LogP contribution in [0.1, 0.15) is 19.4 Å². The van der Waals surface area contributed by atoms with E-state index in [1.165, 1.54) is 13.4 Å². The number of aromatic nitrogens is 3. The Morgan fingerprint density at radius 1 is 1.36 bits per heavy atom. The lowest BCUT2D eigenvalue weighted by Crippen LogP contribution is -2.46. The first-order chi connectivity index (χ1) is 10.4. The van der Waals surface area contributed by atoms with Crippen LogP contribution in [0.15, 0.2) is 42.1 Å². The van der Waals surface area contributed by atoms with Crippen molar-refractivity contribution in [1.82, 2.24) is 14.8 Å². The molecule has 0 aliphatic rings. The van der Waals surface area contributed by atoms with Gasteiger partial charge in [-0.25, -0.2) is 9.67 Å². The van der Waals surface area contributed by atoms with Crippen molar-refractivity contribution in [3.05, 3.63) is 47.5 Å². The summed E-state index contributed by atoms with van der Waals surface area (Å²) in [5.41, 5.74) is -1.28. The van der Waals surface area contributed by atoms with E-state index < -0.39 is 11.0 Å². The van der Waals surface area contributed by atoms with Crippen LogP contribution < -0.4 is 0 Å². The molecule has 2 rings (SSSR count). The lowest BCUT2D eigenvalue weighted by molar-refractivity contribution is -0.0552. The van der Waals surface area contributed by atoms with Crippen LogP contribution in [0.3, 0.4) is 0 Å². The predicted octanol–water partition coefficient (Wildman–Crippen LogP) is 2.48. The van der Waals surface area contributed by atoms with Gasteiger partial charge in [0, 0.05) is 10.4 Å². The van der Waals surface area contributed by atoms with Crippen molar-refractivity contribution in [3.8, 4) is 0 Å². The van der Waals surface area contributed by atoms with Crippen molar-refractivity contribution in [2.75, 3.05) is 7.11 Å². The molecule has 22 heavy (non-hydrogen) atoms. The highest BCUT2D eigenvalue weighted by atomic mass is 35.5. The van der Waals surface area contributed by atoms with Gasteiger partial charge in [-0.2, -0.15) is 5.10 Å². The zero-order chi connectivity index (χ0) is 16.2. The molecule has 0 bridgehead atoms. The molecule has 0 aliphatic heterocycles. The topological polar surface area (TPSA) is 72.5 Å². The number of benzene rings is 1. The normalized spacial score (nSPS) is 15.0. The third-order valence-electron chi connectivity index (χ3n) is 3.73. The van der Waals surface area contributed by atoms with Crippen LogP contribution in [-0.2, 0) is 17.0 Å². The first-order valence-electron chi connectivity index (χ1n) is 6.77. The zero-order valence-electron chi connectivity index (χ0n) is 12.8. The molecule has 0 saturated carbocycles. The first-order valence-corrected chi connectivity index (χ1v) is 7.15. The van der Waals surface area contributed by atoms with Gasteiger partial charge < -0.3 is 9.94 Å². The van der Waals surface area contributed by atoms with E-state index in [4.69, 9.17) is 16.4 Å². The number of halogens is 1. The smallest absolute Gasteiger partial charge is 0.137 e. The summed E-state index contributed by atoms with van der Waals surface area (Å²) in [6, 6.07) is 7.07. The van der Waals surface area contributed by atoms with Crippen LogP contribution in [0, 0.1) is 5.41 Å². The van der Waals surface area contributed by atoms with Gasteiger partial charge in [-0.15, -0.1) is 0 Å². The number of aliphatic hydroxyl groups is 1. The fraction of sp³-hybridized carbons (Fsp3) is 0.400. The minimum absolute atomic E-state index is 0.220. The van der Waals surface area contributed by atoms with E-state index in [1.54, 1.807) is 41.5 Å². The summed E-state index contributed by atoms with van der Waals surface area (Å²) in [7, 11) is 1.46. The molecular formula is C15H19ClN4O2. The van der Waals surface area contributed by atoms with Gasteiger partial charge in [-0.05, 0) is 17.7 Å². The highest BCUT2D eigenvalue weighted by Crippen LogP contribution is 2.40. The van der Waals surface area contributed by atoms with Crippen molar-refractivity contribution in [2.45, 2.75) is 26.0 Å². The van der Waals surface area contributed by atoms with Gasteiger partial charge in [0.15, 0.2) is 0 Å². The third kappa shape index (κ3) is 3.28. The molecule has 6 nitrogen and oxygen atoms in total. The third-order valence-corrected chi connectivity index (χ3v) is 3.98. The Labute approximate surface area is 134 Å². The van der Waals surface area contributed by atoms with Crippen molar-refractivity contribution >= 4 is 17.8 Å². The molecule has 1 unspecified atom stereocenters. The van der Waals surface area contributed by atoms with Crippen molar-refractivity contribution < 1.29 is 9.94 Å². The number of oxime groups is 1. The summed E-state index contributed by atoms with van der Waals surface area (Å²) >= 11 is 5.95. The van der Waals surface area contributed by atoms with Gasteiger partial charge in [-0.3, -0.25) is 0 Å². The average molecular weight is 323 g/mol. The Morgan fingerprint density at radius 3 is 2.59 bits per heavy atom. The fourth-order valence-corrected chi connectivity index (χ4v) is 2.36. The first kappa shape index (κ1) is 16.5. The Bertz CT molecular complexity index is 626. The highest BCUT2D eigenvalue weighted by molar-refractivity contribution is 6.30. The number of hydrogen-bond donors (Lipinski definition) is 1. The number of rotatable bonds is 6. The largest absolute Gasteiger partial charge is 0.399 e. The van der Waals surface area contributed by atoms with Crippen molar-refractivity contribution in [3.63, 3.8) is 0 Å². The summed E-state index contributed by atoms with van der Waals surface area (Å²) < 4.78 is 1.58. The van der Waals surface area contributed by atoms with Crippen LogP contribution in [0.2, 0.25) is 5.02 Å². The van der Waals surface area contributed by atoms with E-state index >= 15 is 0 Å². The summed E-state index contributed by atoms with van der Waals surface area (Å²) in [5.74, 6) is 0. The standard InChI is InChI=1S/C15H19ClN4O2/c1-14(2,8-19-22-3)15(21,9-20-11-17-10-18-20)12-4-6-13(16)7-5-12/h4-8,10-11,21H,9H2,1-3H3/b19-8+. The summed E-state index contributed by atoms with van der Waals surface area (Å²) in [6.45, 7) is 3.97. The fourth-order valence-electron chi connectivity index (χ4n) is 2.23. The second-order valence-electron chi connectivity index (χ2n) is 5.60. The number of hydrogen-bond acceptors (Lipinski definition) is 5. The maximum Gasteiger partial charge on any atom is 0.137 e. The molecule has 2 aromatic rings. The Morgan fingerprint density at radius 2 is 2.05 bits per heavy atom. The van der Waals surface area contributed by atoms with E-state index in [0.29, 0.717) is 10.6 Å². The van der Waals surface area contributed by atoms with E-state index in [0.717, 1.165) is 0 Å². The molecule has 7 heteroatoms.